The number of carbonyl (C=O) groups excluding carboxylic acids is 1. The molecular weight excluding hydrogens is 588 g/mol. The van der Waals surface area contributed by atoms with Gasteiger partial charge in [-0.1, -0.05) is 41.4 Å². The Labute approximate surface area is 249 Å². The summed E-state index contributed by atoms with van der Waals surface area (Å²) < 4.78 is 30.2. The zero-order chi connectivity index (χ0) is 28.8. The molecule has 0 radical (unpaired) electrons. The third-order valence-electron chi connectivity index (χ3n) is 5.89. The van der Waals surface area contributed by atoms with E-state index in [9.17, 15) is 9.18 Å². The maximum Gasteiger partial charge on any atom is 0.267 e. The lowest BCUT2D eigenvalue weighted by Crippen LogP contribution is -2.28. The molecule has 11 heteroatoms. The molecule has 0 N–H and O–H groups in total. The minimum absolute atomic E-state index is 0.186. The third kappa shape index (κ3) is 7.18. The highest BCUT2D eigenvalue weighted by molar-refractivity contribution is 8.18. The summed E-state index contributed by atoms with van der Waals surface area (Å²) in [7, 11) is 1.54. The molecule has 1 amide bonds. The van der Waals surface area contributed by atoms with Crippen LogP contribution in [0, 0.1) is 5.82 Å². The quantitative estimate of drug-likeness (QED) is 0.110. The standard InChI is InChI=1S/C30H22Cl2FN3O4S/c1-38-27-13-20(6-11-26(27)40-18-21-7-8-22(31)15-25(21)32)16-34-35-30-36(17-24-3-2-12-39-24)29(37)28(41-30)14-19-4-9-23(33)10-5-19/h2-16H,17-18H2,1H3/b28-14-,34-16-,35-30+. The summed E-state index contributed by atoms with van der Waals surface area (Å²) in [4.78, 5) is 15.1. The molecule has 0 unspecified atom stereocenters. The van der Waals surface area contributed by atoms with E-state index in [1.807, 2.05) is 0 Å². The molecule has 3 aromatic carbocycles. The number of nitrogens with zero attached hydrogens (tertiary/aromatic N) is 3. The number of methoxy groups -OCH3 is 1. The number of rotatable bonds is 9. The van der Waals surface area contributed by atoms with Gasteiger partial charge in [-0.25, -0.2) is 4.39 Å². The van der Waals surface area contributed by atoms with Crippen molar-refractivity contribution in [3.63, 3.8) is 0 Å². The highest BCUT2D eigenvalue weighted by Gasteiger charge is 2.34. The predicted octanol–water partition coefficient (Wildman–Crippen LogP) is 7.82. The average molecular weight is 610 g/mol. The number of amides is 1. The molecule has 0 bridgehead atoms. The minimum atomic E-state index is -0.351. The lowest BCUT2D eigenvalue weighted by molar-refractivity contribution is -0.122. The van der Waals surface area contributed by atoms with Gasteiger partial charge in [0, 0.05) is 15.6 Å². The zero-order valence-corrected chi connectivity index (χ0v) is 23.9. The van der Waals surface area contributed by atoms with Gasteiger partial charge in [0.15, 0.2) is 16.7 Å². The van der Waals surface area contributed by atoms with Gasteiger partial charge in [0.05, 0.1) is 31.0 Å². The first-order chi connectivity index (χ1) is 19.9. The van der Waals surface area contributed by atoms with E-state index < -0.39 is 0 Å². The van der Waals surface area contributed by atoms with Crippen molar-refractivity contribution in [2.24, 2.45) is 10.2 Å². The van der Waals surface area contributed by atoms with Crippen molar-refractivity contribution in [1.29, 1.82) is 0 Å². The van der Waals surface area contributed by atoms with E-state index in [1.54, 1.807) is 80.1 Å². The van der Waals surface area contributed by atoms with Crippen molar-refractivity contribution in [2.45, 2.75) is 13.2 Å². The molecule has 1 saturated heterocycles. The minimum Gasteiger partial charge on any atom is -0.493 e. The number of hydrogen-bond donors (Lipinski definition) is 0. The number of benzene rings is 3. The number of hydrogen-bond acceptors (Lipinski definition) is 7. The van der Waals surface area contributed by atoms with E-state index in [1.165, 1.54) is 35.1 Å². The van der Waals surface area contributed by atoms with Crippen molar-refractivity contribution >= 4 is 58.3 Å². The number of amidine groups is 1. The molecule has 1 fully saturated rings. The first kappa shape index (κ1) is 28.5. The van der Waals surface area contributed by atoms with Crippen molar-refractivity contribution < 1.29 is 23.1 Å². The number of halogens is 3. The van der Waals surface area contributed by atoms with E-state index in [0.29, 0.717) is 48.5 Å². The van der Waals surface area contributed by atoms with Crippen molar-refractivity contribution in [1.82, 2.24) is 4.90 Å². The largest absolute Gasteiger partial charge is 0.493 e. The molecule has 0 saturated carbocycles. The monoisotopic (exact) mass is 609 g/mol. The van der Waals surface area contributed by atoms with Gasteiger partial charge in [0.2, 0.25) is 0 Å². The van der Waals surface area contributed by atoms with Gasteiger partial charge in [-0.2, -0.15) is 5.10 Å². The van der Waals surface area contributed by atoms with Crippen molar-refractivity contribution in [3.8, 4) is 11.5 Å². The van der Waals surface area contributed by atoms with Crippen LogP contribution >= 0.6 is 35.0 Å². The smallest absolute Gasteiger partial charge is 0.267 e. The summed E-state index contributed by atoms with van der Waals surface area (Å²) in [5.74, 6) is 1.02. The average Bonchev–Trinajstić information content (AvgIpc) is 3.58. The SMILES string of the molecule is COc1cc(/C=N\N=C2\S/C(=C\c3ccc(F)cc3)C(=O)N2Cc2ccco2)ccc1OCc1ccc(Cl)cc1Cl. The van der Waals surface area contributed by atoms with Crippen LogP contribution in [0.4, 0.5) is 4.39 Å². The molecule has 0 aliphatic carbocycles. The summed E-state index contributed by atoms with van der Waals surface area (Å²) in [6.45, 7) is 0.420. The lowest BCUT2D eigenvalue weighted by atomic mass is 10.2. The van der Waals surface area contributed by atoms with Gasteiger partial charge in [-0.15, -0.1) is 5.10 Å². The van der Waals surface area contributed by atoms with Crippen LogP contribution in [0.15, 0.2) is 98.6 Å². The van der Waals surface area contributed by atoms with E-state index >= 15 is 0 Å². The Hall–Kier alpha value is -4.05. The molecule has 41 heavy (non-hydrogen) atoms. The summed E-state index contributed by atoms with van der Waals surface area (Å²) >= 11 is 13.4. The second-order valence-corrected chi connectivity index (χ2v) is 10.5. The Kier molecular flexibility index (Phi) is 9.08. The van der Waals surface area contributed by atoms with Crippen LogP contribution in [0.3, 0.4) is 0 Å². The maximum absolute atomic E-state index is 13.3. The van der Waals surface area contributed by atoms with Crippen LogP contribution in [0.2, 0.25) is 10.0 Å². The number of ether oxygens (including phenoxy) is 2. The predicted molar refractivity (Wildman–Crippen MR) is 160 cm³/mol. The molecule has 0 atom stereocenters. The summed E-state index contributed by atoms with van der Waals surface area (Å²) in [6, 6.07) is 19.9. The van der Waals surface area contributed by atoms with Crippen molar-refractivity contribution in [2.75, 3.05) is 7.11 Å². The van der Waals surface area contributed by atoms with Crippen LogP contribution < -0.4 is 9.47 Å². The molecule has 1 aliphatic rings. The fraction of sp³-hybridized carbons (Fsp3) is 0.100. The third-order valence-corrected chi connectivity index (χ3v) is 7.47. The van der Waals surface area contributed by atoms with E-state index in [2.05, 4.69) is 10.2 Å². The van der Waals surface area contributed by atoms with Gasteiger partial charge >= 0.3 is 0 Å². The summed E-state index contributed by atoms with van der Waals surface area (Å²) in [5, 5.41) is 9.99. The molecule has 0 spiro atoms. The van der Waals surface area contributed by atoms with Gasteiger partial charge < -0.3 is 13.9 Å². The molecule has 4 aromatic rings. The highest BCUT2D eigenvalue weighted by atomic mass is 35.5. The molecule has 1 aromatic heterocycles. The lowest BCUT2D eigenvalue weighted by Gasteiger charge is -2.13. The Morgan fingerprint density at radius 2 is 1.83 bits per heavy atom. The molecule has 2 heterocycles. The van der Waals surface area contributed by atoms with E-state index in [0.717, 1.165) is 5.56 Å². The van der Waals surface area contributed by atoms with Crippen LogP contribution in [0.1, 0.15) is 22.5 Å². The number of thioether (sulfide) groups is 1. The number of carbonyl (C=O) groups is 1. The fourth-order valence-electron chi connectivity index (χ4n) is 3.81. The van der Waals surface area contributed by atoms with Crippen LogP contribution in [-0.2, 0) is 17.9 Å². The Morgan fingerprint density at radius 3 is 2.56 bits per heavy atom. The zero-order valence-electron chi connectivity index (χ0n) is 21.6. The Balaban J connectivity index is 1.33. The molecule has 208 valence electrons. The molecule has 1 aliphatic heterocycles. The second kappa shape index (κ2) is 13.1. The summed E-state index contributed by atoms with van der Waals surface area (Å²) in [5.41, 5.74) is 2.19. The van der Waals surface area contributed by atoms with Gasteiger partial charge in [0.25, 0.3) is 5.91 Å². The van der Waals surface area contributed by atoms with Gasteiger partial charge in [-0.05, 0) is 83.6 Å². The van der Waals surface area contributed by atoms with Crippen LogP contribution in [-0.4, -0.2) is 29.3 Å². The first-order valence-electron chi connectivity index (χ1n) is 12.2. The van der Waals surface area contributed by atoms with E-state index in [4.69, 9.17) is 37.1 Å². The first-order valence-corrected chi connectivity index (χ1v) is 13.8. The van der Waals surface area contributed by atoms with E-state index in [-0.39, 0.29) is 24.9 Å². The molecule has 5 rings (SSSR count). The Bertz CT molecular complexity index is 1640. The topological polar surface area (TPSA) is 76.6 Å². The molecule has 7 nitrogen and oxygen atoms in total. The fourth-order valence-corrected chi connectivity index (χ4v) is 5.21. The summed E-state index contributed by atoms with van der Waals surface area (Å²) in [6.07, 6.45) is 4.78. The second-order valence-electron chi connectivity index (χ2n) is 8.69. The normalized spacial score (nSPS) is 15.4. The Morgan fingerprint density at radius 1 is 1.02 bits per heavy atom. The van der Waals surface area contributed by atoms with Gasteiger partial charge in [0.1, 0.15) is 18.2 Å². The highest BCUT2D eigenvalue weighted by Crippen LogP contribution is 2.34. The van der Waals surface area contributed by atoms with Crippen LogP contribution in [0.25, 0.3) is 6.08 Å². The van der Waals surface area contributed by atoms with Crippen molar-refractivity contribution in [3.05, 3.63) is 122 Å². The molecular formula is C30H22Cl2FN3O4S. The number of furan rings is 1. The van der Waals surface area contributed by atoms with Crippen LogP contribution in [0.5, 0.6) is 11.5 Å². The maximum atomic E-state index is 13.3. The van der Waals surface area contributed by atoms with Gasteiger partial charge in [-0.3, -0.25) is 9.69 Å².